The number of carbonyl (C=O) groups is 1. The lowest BCUT2D eigenvalue weighted by atomic mass is 10.1. The van der Waals surface area contributed by atoms with Crippen LogP contribution in [0.3, 0.4) is 0 Å². The molecule has 5 nitrogen and oxygen atoms in total. The Kier molecular flexibility index (Phi) is 8.13. The quantitative estimate of drug-likeness (QED) is 0.453. The van der Waals surface area contributed by atoms with Crippen molar-refractivity contribution in [3.05, 3.63) is 57.0 Å². The number of nitrogens with one attached hydrogen (secondary N) is 1. The minimum Gasteiger partial charge on any atom is -0.490 e. The molecule has 0 aliphatic rings. The number of hydrogen-bond acceptors (Lipinski definition) is 4. The highest BCUT2D eigenvalue weighted by Crippen LogP contribution is 2.37. The largest absolute Gasteiger partial charge is 0.490 e. The molecule has 0 fully saturated rings. The molecule has 2 aromatic rings. The summed E-state index contributed by atoms with van der Waals surface area (Å²) in [6.45, 7) is 6.20. The topological polar surface area (TPSA) is 59.9 Å². The van der Waals surface area contributed by atoms with Gasteiger partial charge in [-0.1, -0.05) is 39.7 Å². The Morgan fingerprint density at radius 1 is 1.30 bits per heavy atom. The Labute approximate surface area is 172 Å². The Bertz CT molecular complexity index is 808. The van der Waals surface area contributed by atoms with Crippen LogP contribution in [0.1, 0.15) is 31.9 Å². The smallest absolute Gasteiger partial charge is 0.244 e. The van der Waals surface area contributed by atoms with E-state index in [-0.39, 0.29) is 18.4 Å². The summed E-state index contributed by atoms with van der Waals surface area (Å²) in [6, 6.07) is 11.0. The molecule has 0 saturated carbocycles. The molecular weight excluding hydrogens is 432 g/mol. The molecule has 0 radical (unpaired) electrons. The molecule has 7 heteroatoms. The minimum absolute atomic E-state index is 0.0286. The standard InChI is InChI=1S/C20H22BrClN2O3/c1-4-26-18-10-15(9-17(22)20(18)27-13(2)3)12-23-24-19(25)11-14-5-7-16(21)8-6-14/h5-10,12-13H,4,11H2,1-3H3,(H,24,25)/b23-12-. The molecule has 0 bridgehead atoms. The zero-order valence-electron chi connectivity index (χ0n) is 15.5. The third-order valence-electron chi connectivity index (χ3n) is 3.37. The Morgan fingerprint density at radius 3 is 2.63 bits per heavy atom. The van der Waals surface area contributed by atoms with Crippen molar-refractivity contribution in [1.82, 2.24) is 5.43 Å². The molecule has 1 N–H and O–H groups in total. The molecule has 0 heterocycles. The molecular formula is C20H22BrClN2O3. The van der Waals surface area contributed by atoms with Gasteiger partial charge in [-0.2, -0.15) is 5.10 Å². The first-order chi connectivity index (χ1) is 12.9. The average Bonchev–Trinajstić information content (AvgIpc) is 2.60. The van der Waals surface area contributed by atoms with E-state index in [2.05, 4.69) is 26.5 Å². The summed E-state index contributed by atoms with van der Waals surface area (Å²) in [5, 5.41) is 4.43. The number of ether oxygens (including phenoxy) is 2. The fourth-order valence-electron chi connectivity index (χ4n) is 2.28. The van der Waals surface area contributed by atoms with Gasteiger partial charge in [0.15, 0.2) is 11.5 Å². The lowest BCUT2D eigenvalue weighted by Gasteiger charge is -2.16. The lowest BCUT2D eigenvalue weighted by Crippen LogP contribution is -2.19. The number of carbonyl (C=O) groups excluding carboxylic acids is 1. The van der Waals surface area contributed by atoms with Crippen molar-refractivity contribution in [3.63, 3.8) is 0 Å². The molecule has 0 aliphatic heterocycles. The van der Waals surface area contributed by atoms with Gasteiger partial charge in [-0.05, 0) is 56.2 Å². The first-order valence-electron chi connectivity index (χ1n) is 8.58. The molecule has 0 aromatic heterocycles. The van der Waals surface area contributed by atoms with Gasteiger partial charge in [-0.15, -0.1) is 0 Å². The molecule has 0 spiro atoms. The minimum atomic E-state index is -0.204. The summed E-state index contributed by atoms with van der Waals surface area (Å²) in [7, 11) is 0. The third kappa shape index (κ3) is 6.88. The van der Waals surface area contributed by atoms with Gasteiger partial charge in [0.25, 0.3) is 0 Å². The van der Waals surface area contributed by atoms with E-state index in [4.69, 9.17) is 21.1 Å². The highest BCUT2D eigenvalue weighted by atomic mass is 79.9. The van der Waals surface area contributed by atoms with E-state index in [0.717, 1.165) is 10.0 Å². The molecule has 1 amide bonds. The maximum Gasteiger partial charge on any atom is 0.244 e. The van der Waals surface area contributed by atoms with Crippen molar-refractivity contribution in [3.8, 4) is 11.5 Å². The van der Waals surface area contributed by atoms with E-state index < -0.39 is 0 Å². The molecule has 144 valence electrons. The second-order valence-corrected chi connectivity index (χ2v) is 7.35. The highest BCUT2D eigenvalue weighted by molar-refractivity contribution is 9.10. The van der Waals surface area contributed by atoms with E-state index in [1.807, 2.05) is 45.0 Å². The summed E-state index contributed by atoms with van der Waals surface area (Å²) in [4.78, 5) is 12.0. The van der Waals surface area contributed by atoms with Gasteiger partial charge in [0, 0.05) is 4.47 Å². The Hall–Kier alpha value is -2.05. The van der Waals surface area contributed by atoms with Crippen LogP contribution in [0.15, 0.2) is 46.0 Å². The van der Waals surface area contributed by atoms with Crippen molar-refractivity contribution < 1.29 is 14.3 Å². The average molecular weight is 454 g/mol. The van der Waals surface area contributed by atoms with Crippen LogP contribution < -0.4 is 14.9 Å². The van der Waals surface area contributed by atoms with Crippen molar-refractivity contribution >= 4 is 39.7 Å². The first kappa shape index (κ1) is 21.3. The van der Waals surface area contributed by atoms with Crippen LogP contribution in [0.2, 0.25) is 5.02 Å². The van der Waals surface area contributed by atoms with Crippen molar-refractivity contribution in [1.29, 1.82) is 0 Å². The van der Waals surface area contributed by atoms with Gasteiger partial charge in [0.2, 0.25) is 5.91 Å². The maximum atomic E-state index is 12.0. The van der Waals surface area contributed by atoms with E-state index in [1.54, 1.807) is 12.1 Å². The van der Waals surface area contributed by atoms with Crippen LogP contribution in [0.4, 0.5) is 0 Å². The SMILES string of the molecule is CCOc1cc(/C=N\NC(=O)Cc2ccc(Br)cc2)cc(Cl)c1OC(C)C. The Balaban J connectivity index is 2.04. The van der Waals surface area contributed by atoms with Crippen molar-refractivity contribution in [2.24, 2.45) is 5.10 Å². The van der Waals surface area contributed by atoms with Crippen molar-refractivity contribution in [2.45, 2.75) is 33.3 Å². The van der Waals surface area contributed by atoms with Gasteiger partial charge in [0.1, 0.15) is 0 Å². The fourth-order valence-corrected chi connectivity index (χ4v) is 2.81. The normalized spacial score (nSPS) is 11.0. The number of benzene rings is 2. The van der Waals surface area contributed by atoms with E-state index in [1.165, 1.54) is 6.21 Å². The molecule has 27 heavy (non-hydrogen) atoms. The zero-order chi connectivity index (χ0) is 19.8. The molecule has 0 unspecified atom stereocenters. The maximum absolute atomic E-state index is 12.0. The van der Waals surface area contributed by atoms with Crippen LogP contribution in [-0.2, 0) is 11.2 Å². The van der Waals surface area contributed by atoms with E-state index in [9.17, 15) is 4.79 Å². The summed E-state index contributed by atoms with van der Waals surface area (Å²) in [6.07, 6.45) is 1.74. The van der Waals surface area contributed by atoms with Crippen molar-refractivity contribution in [2.75, 3.05) is 6.61 Å². The number of hydrazone groups is 1. The molecule has 0 atom stereocenters. The van der Waals surface area contributed by atoms with Gasteiger partial charge < -0.3 is 9.47 Å². The van der Waals surface area contributed by atoms with Crippen LogP contribution in [0.25, 0.3) is 0 Å². The van der Waals surface area contributed by atoms with E-state index in [0.29, 0.717) is 28.7 Å². The van der Waals surface area contributed by atoms with Crippen LogP contribution in [-0.4, -0.2) is 24.8 Å². The van der Waals surface area contributed by atoms with Crippen LogP contribution in [0, 0.1) is 0 Å². The number of halogens is 2. The molecule has 2 aromatic carbocycles. The van der Waals surface area contributed by atoms with E-state index >= 15 is 0 Å². The second-order valence-electron chi connectivity index (χ2n) is 6.03. The van der Waals surface area contributed by atoms with Gasteiger partial charge in [-0.3, -0.25) is 4.79 Å². The summed E-state index contributed by atoms with van der Waals surface area (Å²) < 4.78 is 12.3. The fraction of sp³-hybridized carbons (Fsp3) is 0.300. The second kappa shape index (κ2) is 10.3. The highest BCUT2D eigenvalue weighted by Gasteiger charge is 2.13. The van der Waals surface area contributed by atoms with Gasteiger partial charge in [-0.25, -0.2) is 5.43 Å². The number of nitrogens with zero attached hydrogens (tertiary/aromatic N) is 1. The zero-order valence-corrected chi connectivity index (χ0v) is 17.8. The van der Waals surface area contributed by atoms with Gasteiger partial charge >= 0.3 is 0 Å². The third-order valence-corrected chi connectivity index (χ3v) is 4.18. The lowest BCUT2D eigenvalue weighted by molar-refractivity contribution is -0.120. The predicted molar refractivity (Wildman–Crippen MR) is 112 cm³/mol. The summed E-state index contributed by atoms with van der Waals surface area (Å²) >= 11 is 9.68. The van der Waals surface area contributed by atoms with Crippen LogP contribution in [0.5, 0.6) is 11.5 Å². The molecule has 2 rings (SSSR count). The number of amides is 1. The monoisotopic (exact) mass is 452 g/mol. The summed E-state index contributed by atoms with van der Waals surface area (Å²) in [5.74, 6) is 0.843. The summed E-state index contributed by atoms with van der Waals surface area (Å²) in [5.41, 5.74) is 4.12. The number of rotatable bonds is 8. The number of hydrogen-bond donors (Lipinski definition) is 1. The Morgan fingerprint density at radius 2 is 2.00 bits per heavy atom. The first-order valence-corrected chi connectivity index (χ1v) is 9.75. The van der Waals surface area contributed by atoms with Crippen LogP contribution >= 0.6 is 27.5 Å². The van der Waals surface area contributed by atoms with Gasteiger partial charge in [0.05, 0.1) is 30.4 Å². The predicted octanol–water partition coefficient (Wildman–Crippen LogP) is 4.98. The molecule has 0 aliphatic carbocycles. The molecule has 0 saturated heterocycles.